The Bertz CT molecular complexity index is 445. The zero-order valence-electron chi connectivity index (χ0n) is 5.38. The van der Waals surface area contributed by atoms with Crippen LogP contribution >= 0.6 is 12.2 Å². The minimum absolute atomic E-state index is 0.221. The predicted octanol–water partition coefficient (Wildman–Crippen LogP) is 0.498. The number of hydrogen-bond acceptors (Lipinski definition) is 4. The zero-order chi connectivity index (χ0) is 7.84. The normalized spacial score (nSPS) is 10.5. The predicted molar refractivity (Wildman–Crippen MR) is 39.0 cm³/mol. The van der Waals surface area contributed by atoms with Crippen molar-refractivity contribution in [3.05, 3.63) is 23.5 Å². The molecule has 0 aliphatic heterocycles. The fourth-order valence-corrected chi connectivity index (χ4v) is 0.940. The molecule has 0 atom stereocenters. The molecule has 0 spiro atoms. The molecule has 11 heavy (non-hydrogen) atoms. The highest BCUT2D eigenvalue weighted by molar-refractivity contribution is 7.71. The highest BCUT2D eigenvalue weighted by Gasteiger charge is 1.97. The van der Waals surface area contributed by atoms with E-state index in [9.17, 15) is 0 Å². The van der Waals surface area contributed by atoms with Crippen LogP contribution in [0, 0.1) is 4.77 Å². The van der Waals surface area contributed by atoms with Gasteiger partial charge in [-0.25, -0.2) is 4.98 Å². The first-order valence-electron chi connectivity index (χ1n) is 2.89. The van der Waals surface area contributed by atoms with E-state index >= 15 is 0 Å². The van der Waals surface area contributed by atoms with E-state index in [0.717, 1.165) is 4.73 Å². The summed E-state index contributed by atoms with van der Waals surface area (Å²) in [5.41, 5.74) is 0. The monoisotopic (exact) mass is 168 g/mol. The molecule has 0 unspecified atom stereocenters. The summed E-state index contributed by atoms with van der Waals surface area (Å²) in [5, 5.41) is 9.09. The van der Waals surface area contributed by atoms with Crippen LogP contribution in [0.3, 0.4) is 0 Å². The second kappa shape index (κ2) is 2.03. The van der Waals surface area contributed by atoms with Gasteiger partial charge in [-0.3, -0.25) is 4.40 Å². The van der Waals surface area contributed by atoms with Crippen molar-refractivity contribution in [1.29, 1.82) is 0 Å². The summed E-state index contributed by atoms with van der Waals surface area (Å²) < 4.78 is 2.67. The fraction of sp³-hybridized carbons (Fsp3) is 0. The molecule has 2 aromatic rings. The van der Waals surface area contributed by atoms with Gasteiger partial charge in [-0.2, -0.15) is 9.71 Å². The SMILES string of the molecule is On1ccn2cnc(=S)nc12. The summed E-state index contributed by atoms with van der Waals surface area (Å²) in [6.45, 7) is 0. The second-order valence-corrected chi connectivity index (χ2v) is 2.35. The molecule has 0 aromatic carbocycles. The van der Waals surface area contributed by atoms with Crippen molar-refractivity contribution >= 4 is 18.0 Å². The van der Waals surface area contributed by atoms with Gasteiger partial charge in [0, 0.05) is 6.20 Å². The molecule has 0 radical (unpaired) electrons. The van der Waals surface area contributed by atoms with E-state index in [-0.39, 0.29) is 4.77 Å². The molecule has 0 aliphatic rings. The molecule has 56 valence electrons. The minimum Gasteiger partial charge on any atom is -0.425 e. The van der Waals surface area contributed by atoms with Crippen LogP contribution in [0.25, 0.3) is 5.78 Å². The van der Waals surface area contributed by atoms with Gasteiger partial charge in [-0.05, 0) is 12.2 Å². The lowest BCUT2D eigenvalue weighted by atomic mass is 10.9. The second-order valence-electron chi connectivity index (χ2n) is 1.99. The molecule has 0 aliphatic carbocycles. The van der Waals surface area contributed by atoms with Crippen molar-refractivity contribution < 1.29 is 5.21 Å². The van der Waals surface area contributed by atoms with E-state index < -0.39 is 0 Å². The maximum atomic E-state index is 9.09. The lowest BCUT2D eigenvalue weighted by Crippen LogP contribution is -1.96. The number of fused-ring (bicyclic) bond motifs is 1. The Morgan fingerprint density at radius 2 is 2.27 bits per heavy atom. The van der Waals surface area contributed by atoms with Gasteiger partial charge in [0.2, 0.25) is 4.77 Å². The van der Waals surface area contributed by atoms with Gasteiger partial charge in [-0.15, -0.1) is 0 Å². The average molecular weight is 168 g/mol. The third kappa shape index (κ3) is 0.874. The third-order valence-electron chi connectivity index (χ3n) is 1.29. The number of hydrogen-bond donors (Lipinski definition) is 1. The van der Waals surface area contributed by atoms with Crippen molar-refractivity contribution in [2.75, 3.05) is 0 Å². The topological polar surface area (TPSA) is 55.4 Å². The summed E-state index contributed by atoms with van der Waals surface area (Å²) in [5.74, 6) is 0.366. The molecule has 2 rings (SSSR count). The van der Waals surface area contributed by atoms with E-state index in [1.165, 1.54) is 12.5 Å². The van der Waals surface area contributed by atoms with E-state index in [4.69, 9.17) is 17.4 Å². The molecule has 2 aromatic heterocycles. The minimum atomic E-state index is 0.221. The zero-order valence-corrected chi connectivity index (χ0v) is 6.19. The van der Waals surface area contributed by atoms with Crippen molar-refractivity contribution in [2.24, 2.45) is 0 Å². The summed E-state index contributed by atoms with van der Waals surface area (Å²) in [4.78, 5) is 7.58. The molecule has 5 nitrogen and oxygen atoms in total. The number of aromatic nitrogens is 4. The van der Waals surface area contributed by atoms with Crippen LogP contribution in [-0.4, -0.2) is 24.3 Å². The van der Waals surface area contributed by atoms with Gasteiger partial charge in [-0.1, -0.05) is 0 Å². The van der Waals surface area contributed by atoms with Crippen LogP contribution < -0.4 is 0 Å². The van der Waals surface area contributed by atoms with Crippen molar-refractivity contribution in [3.63, 3.8) is 0 Å². The molecule has 0 saturated carbocycles. The Labute approximate surface area is 66.5 Å². The van der Waals surface area contributed by atoms with Gasteiger partial charge >= 0.3 is 0 Å². The molecule has 0 fully saturated rings. The summed E-state index contributed by atoms with van der Waals surface area (Å²) >= 11 is 4.71. The lowest BCUT2D eigenvalue weighted by Gasteiger charge is -1.91. The smallest absolute Gasteiger partial charge is 0.251 e. The van der Waals surface area contributed by atoms with E-state index in [1.807, 2.05) is 0 Å². The Kier molecular flexibility index (Phi) is 1.16. The largest absolute Gasteiger partial charge is 0.425 e. The summed E-state index contributed by atoms with van der Waals surface area (Å²) in [6.07, 6.45) is 4.58. The number of rotatable bonds is 0. The Hall–Kier alpha value is -1.43. The lowest BCUT2D eigenvalue weighted by molar-refractivity contribution is 0.196. The van der Waals surface area contributed by atoms with Gasteiger partial charge in [0.05, 0.1) is 6.20 Å². The highest BCUT2D eigenvalue weighted by Crippen LogP contribution is 1.96. The van der Waals surface area contributed by atoms with Crippen LogP contribution in [0.15, 0.2) is 18.7 Å². The summed E-state index contributed by atoms with van der Waals surface area (Å²) in [6, 6.07) is 0. The Morgan fingerprint density at radius 3 is 3.09 bits per heavy atom. The van der Waals surface area contributed by atoms with E-state index in [1.54, 1.807) is 10.6 Å². The molecule has 1 N–H and O–H groups in total. The van der Waals surface area contributed by atoms with Crippen LogP contribution in [0.2, 0.25) is 0 Å². The number of nitrogens with zero attached hydrogens (tertiary/aromatic N) is 4. The van der Waals surface area contributed by atoms with Crippen LogP contribution in [0.4, 0.5) is 0 Å². The van der Waals surface area contributed by atoms with Gasteiger partial charge in [0.15, 0.2) is 0 Å². The highest BCUT2D eigenvalue weighted by atomic mass is 32.1. The van der Waals surface area contributed by atoms with Crippen molar-refractivity contribution in [2.45, 2.75) is 0 Å². The maximum absolute atomic E-state index is 9.09. The first-order chi connectivity index (χ1) is 5.27. The van der Waals surface area contributed by atoms with Crippen molar-refractivity contribution in [1.82, 2.24) is 19.1 Å². The maximum Gasteiger partial charge on any atom is 0.251 e. The standard InChI is InChI=1S/C5H4N4OS/c10-9-2-1-8-3-6-4(11)7-5(8)9/h1-3,10H. The van der Waals surface area contributed by atoms with Gasteiger partial charge in [0.25, 0.3) is 5.78 Å². The third-order valence-corrected chi connectivity index (χ3v) is 1.49. The molecular formula is C5H4N4OS. The van der Waals surface area contributed by atoms with Crippen LogP contribution in [-0.2, 0) is 0 Å². The first-order valence-corrected chi connectivity index (χ1v) is 3.30. The molecule has 0 saturated heterocycles. The quantitative estimate of drug-likeness (QED) is 0.459. The first kappa shape index (κ1) is 6.29. The molecule has 2 heterocycles. The molecule has 0 bridgehead atoms. The van der Waals surface area contributed by atoms with Crippen molar-refractivity contribution in [3.8, 4) is 0 Å². The molecule has 6 heteroatoms. The van der Waals surface area contributed by atoms with Crippen LogP contribution in [0.5, 0.6) is 0 Å². The average Bonchev–Trinajstić information content (AvgIpc) is 2.33. The van der Waals surface area contributed by atoms with Crippen LogP contribution in [0.1, 0.15) is 0 Å². The Balaban J connectivity index is 2.98. The number of imidazole rings is 1. The van der Waals surface area contributed by atoms with Gasteiger partial charge in [0.1, 0.15) is 6.33 Å². The van der Waals surface area contributed by atoms with E-state index in [2.05, 4.69) is 9.97 Å². The van der Waals surface area contributed by atoms with E-state index in [0.29, 0.717) is 5.78 Å². The Morgan fingerprint density at radius 1 is 1.45 bits per heavy atom. The molecular weight excluding hydrogens is 164 g/mol. The van der Waals surface area contributed by atoms with Gasteiger partial charge < -0.3 is 5.21 Å². The molecule has 0 amide bonds. The summed E-state index contributed by atoms with van der Waals surface area (Å²) in [7, 11) is 0. The fourth-order valence-electron chi connectivity index (χ4n) is 0.812.